The van der Waals surface area contributed by atoms with E-state index < -0.39 is 0 Å². The Labute approximate surface area is 161 Å². The Morgan fingerprint density at radius 2 is 2.04 bits per heavy atom. The number of hydrogen-bond donors (Lipinski definition) is 1. The summed E-state index contributed by atoms with van der Waals surface area (Å²) in [5.41, 5.74) is 3.99. The molecule has 1 saturated heterocycles. The maximum Gasteiger partial charge on any atom is 0.231 e. The molecule has 1 amide bonds. The van der Waals surface area contributed by atoms with Gasteiger partial charge in [0.2, 0.25) is 5.91 Å². The highest BCUT2D eigenvalue weighted by molar-refractivity contribution is 5.79. The summed E-state index contributed by atoms with van der Waals surface area (Å²) in [5.74, 6) is 1.42. The van der Waals surface area contributed by atoms with Crippen molar-refractivity contribution in [3.05, 3.63) is 65.2 Å². The molecule has 0 saturated carbocycles. The second-order valence-corrected chi connectivity index (χ2v) is 7.85. The number of nitrogens with one attached hydrogen (secondary N) is 1. The molecule has 2 aliphatic rings. The molecule has 0 aliphatic carbocycles. The molecule has 0 bridgehead atoms. The van der Waals surface area contributed by atoms with Gasteiger partial charge in [-0.05, 0) is 42.5 Å². The molecule has 2 heterocycles. The Kier molecular flexibility index (Phi) is 5.44. The average molecular weight is 365 g/mol. The molecule has 2 aliphatic heterocycles. The molecule has 0 aromatic heterocycles. The van der Waals surface area contributed by atoms with Gasteiger partial charge in [-0.3, -0.25) is 4.79 Å². The predicted octanol–water partition coefficient (Wildman–Crippen LogP) is 2.07. The number of amides is 1. The van der Waals surface area contributed by atoms with Crippen LogP contribution in [0.25, 0.3) is 0 Å². The molecule has 1 N–H and O–H groups in total. The van der Waals surface area contributed by atoms with Crippen molar-refractivity contribution >= 4 is 5.91 Å². The van der Waals surface area contributed by atoms with E-state index in [-0.39, 0.29) is 5.92 Å². The smallest absolute Gasteiger partial charge is 0.231 e. The summed E-state index contributed by atoms with van der Waals surface area (Å²) < 4.78 is 5.34. The molecule has 2 atom stereocenters. The molecule has 1 fully saturated rings. The van der Waals surface area contributed by atoms with Crippen molar-refractivity contribution in [3.8, 4) is 5.75 Å². The van der Waals surface area contributed by atoms with Gasteiger partial charge in [-0.15, -0.1) is 0 Å². The van der Waals surface area contributed by atoms with Crippen LogP contribution in [0.5, 0.6) is 5.75 Å². The van der Waals surface area contributed by atoms with Gasteiger partial charge in [0.15, 0.2) is 0 Å². The lowest BCUT2D eigenvalue weighted by Crippen LogP contribution is -3.12. The second kappa shape index (κ2) is 8.13. The van der Waals surface area contributed by atoms with E-state index in [0.29, 0.717) is 5.91 Å². The fourth-order valence-corrected chi connectivity index (χ4v) is 4.54. The third-order valence-corrected chi connectivity index (χ3v) is 6.00. The van der Waals surface area contributed by atoms with Crippen LogP contribution in [-0.2, 0) is 24.3 Å². The molecule has 2 aromatic carbocycles. The number of rotatable bonds is 4. The van der Waals surface area contributed by atoms with Crippen LogP contribution in [0.2, 0.25) is 0 Å². The third kappa shape index (κ3) is 4.16. The Hall–Kier alpha value is -2.33. The summed E-state index contributed by atoms with van der Waals surface area (Å²) in [5, 5.41) is 0. The molecule has 4 rings (SSSR count). The van der Waals surface area contributed by atoms with Gasteiger partial charge in [0, 0.05) is 18.7 Å². The number of carbonyl (C=O) groups excluding carboxylic acids is 1. The molecule has 27 heavy (non-hydrogen) atoms. The number of benzene rings is 2. The lowest BCUT2D eigenvalue weighted by Gasteiger charge is -2.35. The van der Waals surface area contributed by atoms with Crippen molar-refractivity contribution in [3.63, 3.8) is 0 Å². The van der Waals surface area contributed by atoms with Crippen molar-refractivity contribution < 1.29 is 14.4 Å². The van der Waals surface area contributed by atoms with Gasteiger partial charge < -0.3 is 14.5 Å². The maximum absolute atomic E-state index is 13.2. The van der Waals surface area contributed by atoms with E-state index in [1.807, 2.05) is 12.1 Å². The molecule has 4 nitrogen and oxygen atoms in total. The SMILES string of the molecule is COc1cccc(C[NH+]2CCC[C@H](C(=O)N3CCc4ccccc4C3)C2)c1. The zero-order valence-corrected chi connectivity index (χ0v) is 16.1. The molecule has 142 valence electrons. The Balaban J connectivity index is 1.38. The molecule has 0 radical (unpaired) electrons. The number of fused-ring (bicyclic) bond motifs is 1. The fraction of sp³-hybridized carbons (Fsp3) is 0.435. The van der Waals surface area contributed by atoms with E-state index in [1.165, 1.54) is 21.6 Å². The lowest BCUT2D eigenvalue weighted by atomic mass is 9.93. The maximum atomic E-state index is 13.2. The summed E-state index contributed by atoms with van der Waals surface area (Å²) in [6.07, 6.45) is 3.13. The minimum Gasteiger partial charge on any atom is -0.497 e. The van der Waals surface area contributed by atoms with Crippen LogP contribution in [0.1, 0.15) is 29.5 Å². The predicted molar refractivity (Wildman–Crippen MR) is 106 cm³/mol. The summed E-state index contributed by atoms with van der Waals surface area (Å²) in [7, 11) is 1.71. The van der Waals surface area contributed by atoms with Crippen molar-refractivity contribution in [2.24, 2.45) is 5.92 Å². The molecular formula is C23H29N2O2+. The highest BCUT2D eigenvalue weighted by atomic mass is 16.5. The average Bonchev–Trinajstić information content (AvgIpc) is 2.73. The number of ether oxygens (including phenoxy) is 1. The minimum absolute atomic E-state index is 0.157. The number of likely N-dealkylation sites (tertiary alicyclic amines) is 1. The quantitative estimate of drug-likeness (QED) is 0.900. The van der Waals surface area contributed by atoms with Crippen LogP contribution in [-0.4, -0.2) is 37.6 Å². The number of quaternary nitrogens is 1. The summed E-state index contributed by atoms with van der Waals surface area (Å²) in [6, 6.07) is 16.8. The van der Waals surface area contributed by atoms with Crippen LogP contribution in [0.15, 0.2) is 48.5 Å². The van der Waals surface area contributed by atoms with Crippen LogP contribution in [0.3, 0.4) is 0 Å². The normalized spacial score (nSPS) is 22.2. The first-order chi connectivity index (χ1) is 13.2. The zero-order chi connectivity index (χ0) is 18.6. The van der Waals surface area contributed by atoms with E-state index in [9.17, 15) is 4.79 Å². The number of hydrogen-bond acceptors (Lipinski definition) is 2. The van der Waals surface area contributed by atoms with E-state index >= 15 is 0 Å². The van der Waals surface area contributed by atoms with Gasteiger partial charge in [-0.25, -0.2) is 0 Å². The topological polar surface area (TPSA) is 34.0 Å². The largest absolute Gasteiger partial charge is 0.497 e. The van der Waals surface area contributed by atoms with Gasteiger partial charge in [-0.1, -0.05) is 36.4 Å². The van der Waals surface area contributed by atoms with E-state index in [2.05, 4.69) is 41.3 Å². The number of methoxy groups -OCH3 is 1. The first kappa shape index (κ1) is 18.1. The monoisotopic (exact) mass is 365 g/mol. The van der Waals surface area contributed by atoms with E-state index in [4.69, 9.17) is 4.74 Å². The molecular weight excluding hydrogens is 336 g/mol. The highest BCUT2D eigenvalue weighted by Gasteiger charge is 2.33. The molecule has 1 unspecified atom stereocenters. The molecule has 2 aromatic rings. The first-order valence-electron chi connectivity index (χ1n) is 10.0. The van der Waals surface area contributed by atoms with Crippen LogP contribution < -0.4 is 9.64 Å². The fourth-order valence-electron chi connectivity index (χ4n) is 4.54. The van der Waals surface area contributed by atoms with Gasteiger partial charge in [0.05, 0.1) is 26.1 Å². The summed E-state index contributed by atoms with van der Waals surface area (Å²) >= 11 is 0. The standard InChI is InChI=1S/C23H28N2O2/c1-27-22-10-4-6-18(14-22)15-24-12-5-9-21(16-24)23(26)25-13-11-19-7-2-3-8-20(19)17-25/h2-4,6-8,10,14,21H,5,9,11-13,15-17H2,1H3/p+1/t21-/m0/s1. The minimum atomic E-state index is 0.157. The Bertz CT molecular complexity index is 804. The Morgan fingerprint density at radius 1 is 1.19 bits per heavy atom. The van der Waals surface area contributed by atoms with Gasteiger partial charge in [0.25, 0.3) is 0 Å². The molecule has 0 spiro atoms. The van der Waals surface area contributed by atoms with Gasteiger partial charge >= 0.3 is 0 Å². The third-order valence-electron chi connectivity index (χ3n) is 6.00. The van der Waals surface area contributed by atoms with Crippen molar-refractivity contribution in [1.82, 2.24) is 4.90 Å². The van der Waals surface area contributed by atoms with Crippen molar-refractivity contribution in [2.45, 2.75) is 32.4 Å². The Morgan fingerprint density at radius 3 is 2.89 bits per heavy atom. The van der Waals surface area contributed by atoms with E-state index in [0.717, 1.165) is 57.7 Å². The van der Waals surface area contributed by atoms with Gasteiger partial charge in [-0.2, -0.15) is 0 Å². The zero-order valence-electron chi connectivity index (χ0n) is 16.1. The summed E-state index contributed by atoms with van der Waals surface area (Å²) in [6.45, 7) is 4.68. The number of nitrogens with zero attached hydrogens (tertiary/aromatic N) is 1. The number of piperidine rings is 1. The first-order valence-corrected chi connectivity index (χ1v) is 10.0. The van der Waals surface area contributed by atoms with Crippen LogP contribution >= 0.6 is 0 Å². The second-order valence-electron chi connectivity index (χ2n) is 7.85. The highest BCUT2D eigenvalue weighted by Crippen LogP contribution is 2.22. The number of carbonyl (C=O) groups is 1. The van der Waals surface area contributed by atoms with E-state index in [1.54, 1.807) is 7.11 Å². The van der Waals surface area contributed by atoms with Crippen molar-refractivity contribution in [1.29, 1.82) is 0 Å². The van der Waals surface area contributed by atoms with Crippen LogP contribution in [0, 0.1) is 5.92 Å². The van der Waals surface area contributed by atoms with Crippen LogP contribution in [0.4, 0.5) is 0 Å². The van der Waals surface area contributed by atoms with Gasteiger partial charge in [0.1, 0.15) is 12.3 Å². The lowest BCUT2D eigenvalue weighted by molar-refractivity contribution is -0.921. The van der Waals surface area contributed by atoms with Crippen molar-refractivity contribution in [2.75, 3.05) is 26.7 Å². The summed E-state index contributed by atoms with van der Waals surface area (Å²) in [4.78, 5) is 16.7. The molecule has 4 heteroatoms.